The van der Waals surface area contributed by atoms with Gasteiger partial charge in [-0.25, -0.2) is 14.4 Å². The van der Waals surface area contributed by atoms with Gasteiger partial charge in [0, 0.05) is 11.5 Å². The summed E-state index contributed by atoms with van der Waals surface area (Å²) in [4.78, 5) is 8.64. The molecule has 0 amide bonds. The maximum Gasteiger partial charge on any atom is 0.163 e. The highest BCUT2D eigenvalue weighted by atomic mass is 79.9. The van der Waals surface area contributed by atoms with Crippen molar-refractivity contribution in [1.29, 1.82) is 0 Å². The third-order valence-electron chi connectivity index (χ3n) is 4.71. The number of nitrogens with zero attached hydrogens (tertiary/aromatic N) is 2. The van der Waals surface area contributed by atoms with Crippen molar-refractivity contribution >= 4 is 38.3 Å². The van der Waals surface area contributed by atoms with Gasteiger partial charge in [-0.2, -0.15) is 0 Å². The molecule has 0 atom stereocenters. The lowest BCUT2D eigenvalue weighted by atomic mass is 10.1. The summed E-state index contributed by atoms with van der Waals surface area (Å²) in [7, 11) is 1.60. The van der Waals surface area contributed by atoms with E-state index in [1.807, 2.05) is 12.1 Å². The zero-order valence-corrected chi connectivity index (χ0v) is 16.9. The molecule has 1 fully saturated rings. The minimum atomic E-state index is -0.382. The second-order valence-electron chi connectivity index (χ2n) is 6.54. The number of piperidine rings is 1. The van der Waals surface area contributed by atoms with Gasteiger partial charge in [0.1, 0.15) is 18.2 Å². The summed E-state index contributed by atoms with van der Waals surface area (Å²) in [6.07, 6.45) is 3.48. The third kappa shape index (κ3) is 3.88. The van der Waals surface area contributed by atoms with Crippen LogP contribution in [0.4, 0.5) is 15.9 Å². The number of nitrogens with one attached hydrogen (secondary N) is 2. The highest BCUT2D eigenvalue weighted by Crippen LogP contribution is 2.36. The summed E-state index contributed by atoms with van der Waals surface area (Å²) in [6, 6.07) is 8.72. The molecular weight excluding hydrogens is 427 g/mol. The van der Waals surface area contributed by atoms with Crippen LogP contribution in [0.15, 0.2) is 41.1 Å². The number of ether oxygens (including phenoxy) is 2. The van der Waals surface area contributed by atoms with Gasteiger partial charge < -0.3 is 20.1 Å². The first-order valence-electron chi connectivity index (χ1n) is 9.07. The van der Waals surface area contributed by atoms with Gasteiger partial charge in [0.25, 0.3) is 0 Å². The van der Waals surface area contributed by atoms with E-state index < -0.39 is 0 Å². The standard InChI is InChI=1S/C20H20BrFN4O2/c1-27-17-9-13-16(10-18(17)28-12-5-7-23-8-6-12)24-11-25-20(13)26-15-4-2-3-14(21)19(15)22/h2-4,9-12,23H,5-8H2,1H3,(H,24,25,26). The Kier molecular flexibility index (Phi) is 5.59. The predicted octanol–water partition coefficient (Wildman–Crippen LogP) is 4.41. The van der Waals surface area contributed by atoms with Crippen LogP contribution in [0.2, 0.25) is 0 Å². The van der Waals surface area contributed by atoms with E-state index in [2.05, 4.69) is 36.5 Å². The van der Waals surface area contributed by atoms with Crippen LogP contribution in [0.5, 0.6) is 11.5 Å². The number of aromatic nitrogens is 2. The van der Waals surface area contributed by atoms with E-state index in [1.165, 1.54) is 6.33 Å². The number of hydrogen-bond acceptors (Lipinski definition) is 6. The van der Waals surface area contributed by atoms with E-state index >= 15 is 0 Å². The average Bonchev–Trinajstić information content (AvgIpc) is 2.72. The highest BCUT2D eigenvalue weighted by Gasteiger charge is 2.19. The van der Waals surface area contributed by atoms with Crippen molar-refractivity contribution in [3.8, 4) is 11.5 Å². The van der Waals surface area contributed by atoms with Gasteiger partial charge in [0.15, 0.2) is 17.3 Å². The van der Waals surface area contributed by atoms with E-state index in [0.29, 0.717) is 33.0 Å². The lowest BCUT2D eigenvalue weighted by Gasteiger charge is -2.25. The Hall–Kier alpha value is -2.45. The molecule has 2 N–H and O–H groups in total. The molecule has 0 radical (unpaired) electrons. The Morgan fingerprint density at radius 1 is 1.18 bits per heavy atom. The normalized spacial score (nSPS) is 14.8. The van der Waals surface area contributed by atoms with Crippen LogP contribution in [0.1, 0.15) is 12.8 Å². The highest BCUT2D eigenvalue weighted by molar-refractivity contribution is 9.10. The van der Waals surface area contributed by atoms with Gasteiger partial charge in [0.2, 0.25) is 0 Å². The molecule has 1 aliphatic heterocycles. The average molecular weight is 447 g/mol. The zero-order valence-electron chi connectivity index (χ0n) is 15.3. The van der Waals surface area contributed by atoms with Crippen molar-refractivity contribution < 1.29 is 13.9 Å². The summed E-state index contributed by atoms with van der Waals surface area (Å²) >= 11 is 3.20. The summed E-state index contributed by atoms with van der Waals surface area (Å²) in [5.41, 5.74) is 1.01. The monoisotopic (exact) mass is 446 g/mol. The largest absolute Gasteiger partial charge is 0.493 e. The van der Waals surface area contributed by atoms with Crippen molar-refractivity contribution in [2.24, 2.45) is 0 Å². The first-order chi connectivity index (χ1) is 13.7. The van der Waals surface area contributed by atoms with Gasteiger partial charge in [0.05, 0.1) is 22.8 Å². The number of anilines is 2. The molecular formula is C20H20BrFN4O2. The maximum atomic E-state index is 14.4. The summed E-state index contributed by atoms with van der Waals surface area (Å²) in [5, 5.41) is 7.09. The molecule has 8 heteroatoms. The predicted molar refractivity (Wildman–Crippen MR) is 110 cm³/mol. The van der Waals surface area contributed by atoms with Gasteiger partial charge in [-0.1, -0.05) is 6.07 Å². The summed E-state index contributed by atoms with van der Waals surface area (Å²) in [6.45, 7) is 1.88. The van der Waals surface area contributed by atoms with Crippen LogP contribution < -0.4 is 20.1 Å². The number of halogens is 2. The lowest BCUT2D eigenvalue weighted by molar-refractivity contribution is 0.157. The molecule has 0 bridgehead atoms. The third-order valence-corrected chi connectivity index (χ3v) is 5.32. The lowest BCUT2D eigenvalue weighted by Crippen LogP contribution is -2.34. The summed E-state index contributed by atoms with van der Waals surface area (Å²) < 4.78 is 26.4. The molecule has 0 unspecified atom stereocenters. The second kappa shape index (κ2) is 8.28. The number of rotatable bonds is 5. The smallest absolute Gasteiger partial charge is 0.163 e. The zero-order chi connectivity index (χ0) is 19.5. The first kappa shape index (κ1) is 18.9. The molecule has 4 rings (SSSR count). The number of hydrogen-bond donors (Lipinski definition) is 2. The molecule has 28 heavy (non-hydrogen) atoms. The topological polar surface area (TPSA) is 68.3 Å². The first-order valence-corrected chi connectivity index (χ1v) is 9.86. The molecule has 146 valence electrons. The van der Waals surface area contributed by atoms with Crippen LogP contribution in [-0.2, 0) is 0 Å². The fraction of sp³-hybridized carbons (Fsp3) is 0.300. The van der Waals surface area contributed by atoms with Crippen molar-refractivity contribution in [1.82, 2.24) is 15.3 Å². The Balaban J connectivity index is 1.70. The van der Waals surface area contributed by atoms with Crippen LogP contribution in [0.25, 0.3) is 10.9 Å². The maximum absolute atomic E-state index is 14.4. The molecule has 2 aromatic carbocycles. The Labute approximate surface area is 170 Å². The SMILES string of the molecule is COc1cc2c(Nc3cccc(Br)c3F)ncnc2cc1OC1CCNCC1. The van der Waals surface area contributed by atoms with Crippen molar-refractivity contribution in [2.45, 2.75) is 18.9 Å². The fourth-order valence-corrected chi connectivity index (χ4v) is 3.60. The minimum absolute atomic E-state index is 0.141. The molecule has 1 aliphatic rings. The number of benzene rings is 2. The molecule has 1 saturated heterocycles. The van der Waals surface area contributed by atoms with E-state index in [-0.39, 0.29) is 11.9 Å². The van der Waals surface area contributed by atoms with Gasteiger partial charge in [-0.05, 0) is 60.1 Å². The van der Waals surface area contributed by atoms with Crippen LogP contribution in [0, 0.1) is 5.82 Å². The molecule has 0 saturated carbocycles. The second-order valence-corrected chi connectivity index (χ2v) is 7.39. The molecule has 0 aliphatic carbocycles. The molecule has 3 aromatic rings. The van der Waals surface area contributed by atoms with E-state index in [0.717, 1.165) is 31.3 Å². The van der Waals surface area contributed by atoms with Crippen LogP contribution >= 0.6 is 15.9 Å². The van der Waals surface area contributed by atoms with Crippen molar-refractivity contribution in [2.75, 3.05) is 25.5 Å². The Morgan fingerprint density at radius 3 is 2.79 bits per heavy atom. The van der Waals surface area contributed by atoms with Crippen LogP contribution in [-0.4, -0.2) is 36.3 Å². The van der Waals surface area contributed by atoms with E-state index in [9.17, 15) is 4.39 Å². The van der Waals surface area contributed by atoms with Crippen molar-refractivity contribution in [3.05, 3.63) is 46.9 Å². The van der Waals surface area contributed by atoms with Crippen LogP contribution in [0.3, 0.4) is 0 Å². The Morgan fingerprint density at radius 2 is 2.00 bits per heavy atom. The summed E-state index contributed by atoms with van der Waals surface area (Å²) in [5.74, 6) is 1.36. The molecule has 1 aromatic heterocycles. The molecule has 0 spiro atoms. The van der Waals surface area contributed by atoms with Crippen molar-refractivity contribution in [3.63, 3.8) is 0 Å². The number of methoxy groups -OCH3 is 1. The van der Waals surface area contributed by atoms with E-state index in [1.54, 1.807) is 25.3 Å². The molecule has 6 nitrogen and oxygen atoms in total. The quantitative estimate of drug-likeness (QED) is 0.604. The molecule has 2 heterocycles. The number of fused-ring (bicyclic) bond motifs is 1. The Bertz CT molecular complexity index is 995. The van der Waals surface area contributed by atoms with Gasteiger partial charge in [-0.15, -0.1) is 0 Å². The minimum Gasteiger partial charge on any atom is -0.493 e. The fourth-order valence-electron chi connectivity index (χ4n) is 3.24. The van der Waals surface area contributed by atoms with Gasteiger partial charge in [-0.3, -0.25) is 0 Å². The van der Waals surface area contributed by atoms with Gasteiger partial charge >= 0.3 is 0 Å². The van der Waals surface area contributed by atoms with E-state index in [4.69, 9.17) is 9.47 Å².